The molecule has 0 bridgehead atoms. The summed E-state index contributed by atoms with van der Waals surface area (Å²) in [5.74, 6) is 0. The number of rotatable bonds is 11. The van der Waals surface area contributed by atoms with E-state index < -0.39 is 0 Å². The van der Waals surface area contributed by atoms with Crippen LogP contribution in [0.1, 0.15) is 92.9 Å². The lowest BCUT2D eigenvalue weighted by Gasteiger charge is -2.26. The maximum absolute atomic E-state index is 4.77. The highest BCUT2D eigenvalue weighted by atomic mass is 32.1. The first-order valence-electron chi connectivity index (χ1n) is 8.48. The molecule has 0 rings (SSSR count). The topological polar surface area (TPSA) is 0 Å². The molecule has 0 radical (unpaired) electrons. The Labute approximate surface area is 139 Å². The SMILES string of the molecule is CCC(C)(C)CCC(S)CCC(S)CCC(C)(C)CC. The van der Waals surface area contributed by atoms with E-state index in [1.807, 2.05) is 0 Å². The number of thiol groups is 2. The van der Waals surface area contributed by atoms with Crippen molar-refractivity contribution >= 4 is 25.3 Å². The average molecular weight is 319 g/mol. The molecule has 2 atom stereocenters. The van der Waals surface area contributed by atoms with Crippen LogP contribution in [0, 0.1) is 10.8 Å². The van der Waals surface area contributed by atoms with Crippen LogP contribution in [0.5, 0.6) is 0 Å². The van der Waals surface area contributed by atoms with Crippen molar-refractivity contribution < 1.29 is 0 Å². The van der Waals surface area contributed by atoms with Gasteiger partial charge in [0.15, 0.2) is 0 Å². The summed E-state index contributed by atoms with van der Waals surface area (Å²) in [6.45, 7) is 14.0. The maximum atomic E-state index is 4.77. The van der Waals surface area contributed by atoms with Crippen LogP contribution in [0.3, 0.4) is 0 Å². The number of hydrogen-bond acceptors (Lipinski definition) is 2. The molecular weight excluding hydrogens is 280 g/mol. The minimum Gasteiger partial charge on any atom is -0.176 e. The molecule has 0 aliphatic carbocycles. The molecule has 0 aromatic carbocycles. The summed E-state index contributed by atoms with van der Waals surface area (Å²) >= 11 is 9.53. The highest BCUT2D eigenvalue weighted by Gasteiger charge is 2.19. The van der Waals surface area contributed by atoms with Gasteiger partial charge in [-0.15, -0.1) is 0 Å². The van der Waals surface area contributed by atoms with Gasteiger partial charge in [-0.05, 0) is 49.4 Å². The van der Waals surface area contributed by atoms with Crippen molar-refractivity contribution in [3.63, 3.8) is 0 Å². The molecule has 0 saturated carbocycles. The van der Waals surface area contributed by atoms with Crippen molar-refractivity contribution in [2.24, 2.45) is 10.8 Å². The molecule has 0 aromatic heterocycles. The third kappa shape index (κ3) is 10.4. The van der Waals surface area contributed by atoms with Gasteiger partial charge in [0.2, 0.25) is 0 Å². The second-order valence-electron chi connectivity index (χ2n) is 8.00. The summed E-state index contributed by atoms with van der Waals surface area (Å²) in [5, 5.41) is 1.10. The van der Waals surface area contributed by atoms with Gasteiger partial charge in [-0.1, -0.05) is 54.4 Å². The highest BCUT2D eigenvalue weighted by molar-refractivity contribution is 7.81. The van der Waals surface area contributed by atoms with E-state index in [0.29, 0.717) is 21.3 Å². The molecule has 0 aromatic rings. The van der Waals surface area contributed by atoms with Gasteiger partial charge in [-0.2, -0.15) is 25.3 Å². The van der Waals surface area contributed by atoms with Gasteiger partial charge in [0, 0.05) is 10.5 Å². The molecule has 122 valence electrons. The Balaban J connectivity index is 3.81. The van der Waals surface area contributed by atoms with E-state index >= 15 is 0 Å². The Kier molecular flexibility index (Phi) is 10.0. The molecule has 0 saturated heterocycles. The summed E-state index contributed by atoms with van der Waals surface area (Å²) in [4.78, 5) is 0. The normalized spacial score (nSPS) is 16.2. The minimum absolute atomic E-state index is 0.479. The molecule has 0 heterocycles. The fourth-order valence-corrected chi connectivity index (χ4v) is 2.70. The van der Waals surface area contributed by atoms with Crippen LogP contribution in [-0.4, -0.2) is 10.5 Å². The fraction of sp³-hybridized carbons (Fsp3) is 1.00. The standard InChI is InChI=1S/C18H38S2/c1-7-17(3,4)13-11-15(19)9-10-16(20)12-14-18(5,6)8-2/h15-16,19-20H,7-14H2,1-6H3. The van der Waals surface area contributed by atoms with E-state index in [0.717, 1.165) is 0 Å². The Morgan fingerprint density at radius 1 is 0.650 bits per heavy atom. The molecule has 20 heavy (non-hydrogen) atoms. The van der Waals surface area contributed by atoms with Crippen LogP contribution in [-0.2, 0) is 0 Å². The van der Waals surface area contributed by atoms with Crippen LogP contribution >= 0.6 is 25.3 Å². The summed E-state index contributed by atoms with van der Waals surface area (Å²) in [6, 6.07) is 0. The number of hydrogen-bond donors (Lipinski definition) is 2. The van der Waals surface area contributed by atoms with Gasteiger partial charge in [0.05, 0.1) is 0 Å². The molecule has 0 spiro atoms. The summed E-state index contributed by atoms with van der Waals surface area (Å²) in [5.41, 5.74) is 0.957. The van der Waals surface area contributed by atoms with Crippen molar-refractivity contribution in [2.75, 3.05) is 0 Å². The van der Waals surface area contributed by atoms with Crippen LogP contribution in [0.2, 0.25) is 0 Å². The van der Waals surface area contributed by atoms with Gasteiger partial charge in [-0.3, -0.25) is 0 Å². The molecule has 0 nitrogen and oxygen atoms in total. The fourth-order valence-electron chi connectivity index (χ4n) is 2.14. The van der Waals surface area contributed by atoms with E-state index in [2.05, 4.69) is 41.5 Å². The van der Waals surface area contributed by atoms with Gasteiger partial charge in [-0.25, -0.2) is 0 Å². The summed E-state index contributed by atoms with van der Waals surface area (Å²) in [6.07, 6.45) is 10.0. The lowest BCUT2D eigenvalue weighted by atomic mass is 9.83. The molecular formula is C18H38S2. The Bertz CT molecular complexity index is 220. The van der Waals surface area contributed by atoms with Crippen molar-refractivity contribution in [2.45, 2.75) is 103 Å². The maximum Gasteiger partial charge on any atom is 0.00174 e. The van der Waals surface area contributed by atoms with Crippen molar-refractivity contribution in [1.29, 1.82) is 0 Å². The Hall–Kier alpha value is 0.700. The van der Waals surface area contributed by atoms with E-state index in [-0.39, 0.29) is 0 Å². The first-order chi connectivity index (χ1) is 9.12. The second kappa shape index (κ2) is 9.66. The first kappa shape index (κ1) is 20.7. The van der Waals surface area contributed by atoms with Gasteiger partial charge in [0.1, 0.15) is 0 Å². The third-order valence-electron chi connectivity index (χ3n) is 5.06. The van der Waals surface area contributed by atoms with E-state index in [1.54, 1.807) is 0 Å². The predicted octanol–water partition coefficient (Wildman–Crippen LogP) is 6.80. The molecule has 0 aliphatic rings. The van der Waals surface area contributed by atoms with E-state index in [4.69, 9.17) is 25.3 Å². The van der Waals surface area contributed by atoms with Gasteiger partial charge in [0.25, 0.3) is 0 Å². The average Bonchev–Trinajstić information content (AvgIpc) is 2.40. The zero-order chi connectivity index (χ0) is 15.8. The largest absolute Gasteiger partial charge is 0.176 e. The highest BCUT2D eigenvalue weighted by Crippen LogP contribution is 2.31. The molecule has 2 unspecified atom stereocenters. The Morgan fingerprint density at radius 2 is 0.950 bits per heavy atom. The van der Waals surface area contributed by atoms with Crippen molar-refractivity contribution in [3.05, 3.63) is 0 Å². The Morgan fingerprint density at radius 3 is 1.20 bits per heavy atom. The van der Waals surface area contributed by atoms with E-state index in [1.165, 1.54) is 51.4 Å². The van der Waals surface area contributed by atoms with Crippen molar-refractivity contribution in [1.82, 2.24) is 0 Å². The molecule has 0 aliphatic heterocycles. The quantitative estimate of drug-likeness (QED) is 0.385. The van der Waals surface area contributed by atoms with E-state index in [9.17, 15) is 0 Å². The summed E-state index contributed by atoms with van der Waals surface area (Å²) in [7, 11) is 0. The minimum atomic E-state index is 0.479. The zero-order valence-corrected chi connectivity index (χ0v) is 16.5. The second-order valence-corrected chi connectivity index (χ2v) is 9.46. The van der Waals surface area contributed by atoms with Gasteiger partial charge < -0.3 is 0 Å². The van der Waals surface area contributed by atoms with Gasteiger partial charge >= 0.3 is 0 Å². The zero-order valence-electron chi connectivity index (χ0n) is 14.7. The molecule has 2 heteroatoms. The monoisotopic (exact) mass is 318 g/mol. The lowest BCUT2D eigenvalue weighted by Crippen LogP contribution is -2.15. The third-order valence-corrected chi connectivity index (χ3v) is 6.09. The molecule has 0 N–H and O–H groups in total. The predicted molar refractivity (Wildman–Crippen MR) is 101 cm³/mol. The molecule has 0 amide bonds. The summed E-state index contributed by atoms with van der Waals surface area (Å²) < 4.78 is 0. The lowest BCUT2D eigenvalue weighted by molar-refractivity contribution is 0.304. The molecule has 0 fully saturated rings. The van der Waals surface area contributed by atoms with Crippen LogP contribution in [0.25, 0.3) is 0 Å². The van der Waals surface area contributed by atoms with Crippen molar-refractivity contribution in [3.8, 4) is 0 Å². The smallest absolute Gasteiger partial charge is 0.00174 e. The van der Waals surface area contributed by atoms with Crippen LogP contribution in [0.4, 0.5) is 0 Å². The van der Waals surface area contributed by atoms with Crippen LogP contribution in [0.15, 0.2) is 0 Å². The first-order valence-corrected chi connectivity index (χ1v) is 9.51. The van der Waals surface area contributed by atoms with Crippen LogP contribution < -0.4 is 0 Å².